The smallest absolute Gasteiger partial charge is 0.0597 e. The number of hydrogen-bond acceptors (Lipinski definition) is 3. The minimum Gasteiger partial charge on any atom is -0.397 e. The van der Waals surface area contributed by atoms with Gasteiger partial charge in [0.2, 0.25) is 0 Å². The van der Waals surface area contributed by atoms with E-state index in [1.165, 1.54) is 38.9 Å². The molecule has 1 aliphatic heterocycles. The van der Waals surface area contributed by atoms with Gasteiger partial charge in [0.25, 0.3) is 0 Å². The summed E-state index contributed by atoms with van der Waals surface area (Å²) in [7, 11) is 2.12. The average Bonchev–Trinajstić information content (AvgIpc) is 2.82. The van der Waals surface area contributed by atoms with Crippen LogP contribution in [0, 0.1) is 0 Å². The van der Waals surface area contributed by atoms with Crippen molar-refractivity contribution in [3.63, 3.8) is 0 Å². The Morgan fingerprint density at radius 1 is 1.24 bits per heavy atom. The van der Waals surface area contributed by atoms with Crippen molar-refractivity contribution in [2.75, 3.05) is 43.9 Å². The number of nitrogens with zero attached hydrogens (tertiary/aromatic N) is 2. The molecule has 1 saturated heterocycles. The van der Waals surface area contributed by atoms with E-state index < -0.39 is 0 Å². The Hall–Kier alpha value is -1.22. The van der Waals surface area contributed by atoms with Crippen molar-refractivity contribution in [1.29, 1.82) is 0 Å². The van der Waals surface area contributed by atoms with Gasteiger partial charge in [-0.15, -0.1) is 0 Å². The van der Waals surface area contributed by atoms with Crippen LogP contribution >= 0.6 is 0 Å². The summed E-state index contributed by atoms with van der Waals surface area (Å²) in [6, 6.07) is 8.08. The normalized spacial score (nSPS) is 16.3. The molecule has 3 nitrogen and oxygen atoms in total. The summed E-state index contributed by atoms with van der Waals surface area (Å²) in [5.41, 5.74) is 7.98. The van der Waals surface area contributed by atoms with E-state index in [0.717, 1.165) is 17.9 Å². The summed E-state index contributed by atoms with van der Waals surface area (Å²) < 4.78 is 0. The van der Waals surface area contributed by atoms with E-state index in [0.29, 0.717) is 0 Å². The predicted octanol–water partition coefficient (Wildman–Crippen LogP) is 2.19. The fraction of sp³-hybridized carbons (Fsp3) is 0.571. The number of anilines is 2. The zero-order valence-corrected chi connectivity index (χ0v) is 10.7. The first-order valence-electron chi connectivity index (χ1n) is 6.55. The lowest BCUT2D eigenvalue weighted by atomic mass is 10.2. The van der Waals surface area contributed by atoms with E-state index in [1.807, 2.05) is 18.2 Å². The third kappa shape index (κ3) is 3.37. The van der Waals surface area contributed by atoms with Crippen LogP contribution in [0.4, 0.5) is 11.4 Å². The number of hydrogen-bond donors (Lipinski definition) is 1. The van der Waals surface area contributed by atoms with Crippen molar-refractivity contribution in [3.8, 4) is 0 Å². The summed E-state index contributed by atoms with van der Waals surface area (Å²) in [5.74, 6) is 0. The fourth-order valence-electron chi connectivity index (χ4n) is 2.49. The van der Waals surface area contributed by atoms with Crippen molar-refractivity contribution < 1.29 is 0 Å². The van der Waals surface area contributed by atoms with Crippen LogP contribution in [0.25, 0.3) is 0 Å². The molecule has 0 aromatic heterocycles. The first-order chi connectivity index (χ1) is 8.27. The highest BCUT2D eigenvalue weighted by molar-refractivity contribution is 5.66. The lowest BCUT2D eigenvalue weighted by molar-refractivity contribution is 0.335. The van der Waals surface area contributed by atoms with Gasteiger partial charge in [-0.05, 0) is 51.0 Å². The van der Waals surface area contributed by atoms with E-state index in [1.54, 1.807) is 0 Å². The lowest BCUT2D eigenvalue weighted by Gasteiger charge is -2.22. The van der Waals surface area contributed by atoms with Gasteiger partial charge >= 0.3 is 0 Å². The highest BCUT2D eigenvalue weighted by Crippen LogP contribution is 2.21. The second-order valence-corrected chi connectivity index (χ2v) is 4.88. The Kier molecular flexibility index (Phi) is 4.26. The molecule has 0 radical (unpaired) electrons. The summed E-state index contributed by atoms with van der Waals surface area (Å²) >= 11 is 0. The van der Waals surface area contributed by atoms with Crippen molar-refractivity contribution >= 4 is 11.4 Å². The molecule has 0 amide bonds. The van der Waals surface area contributed by atoms with Gasteiger partial charge in [-0.25, -0.2) is 0 Å². The van der Waals surface area contributed by atoms with E-state index in [4.69, 9.17) is 5.73 Å². The van der Waals surface area contributed by atoms with Gasteiger partial charge in [-0.1, -0.05) is 12.1 Å². The Morgan fingerprint density at radius 3 is 2.65 bits per heavy atom. The monoisotopic (exact) mass is 233 g/mol. The molecule has 1 fully saturated rings. The highest BCUT2D eigenvalue weighted by atomic mass is 15.1. The van der Waals surface area contributed by atoms with Gasteiger partial charge in [0.15, 0.2) is 0 Å². The molecule has 17 heavy (non-hydrogen) atoms. The molecule has 3 heteroatoms. The maximum atomic E-state index is 5.96. The molecule has 0 saturated carbocycles. The molecule has 2 N–H and O–H groups in total. The van der Waals surface area contributed by atoms with E-state index in [-0.39, 0.29) is 0 Å². The quantitative estimate of drug-likeness (QED) is 0.791. The standard InChI is InChI=1S/C14H23N3/c1-16(14-8-3-2-7-13(14)15)9-6-12-17-10-4-5-11-17/h2-3,7-8H,4-6,9-12,15H2,1H3. The zero-order chi connectivity index (χ0) is 12.1. The van der Waals surface area contributed by atoms with Crippen LogP contribution in [-0.4, -0.2) is 38.1 Å². The van der Waals surface area contributed by atoms with Crippen LogP contribution in [0.15, 0.2) is 24.3 Å². The number of likely N-dealkylation sites (tertiary alicyclic amines) is 1. The third-order valence-corrected chi connectivity index (χ3v) is 3.51. The molecular weight excluding hydrogens is 210 g/mol. The van der Waals surface area contributed by atoms with Gasteiger partial charge in [-0.3, -0.25) is 0 Å². The van der Waals surface area contributed by atoms with E-state index in [9.17, 15) is 0 Å². The maximum Gasteiger partial charge on any atom is 0.0597 e. The van der Waals surface area contributed by atoms with Crippen LogP contribution in [0.5, 0.6) is 0 Å². The van der Waals surface area contributed by atoms with Gasteiger partial charge in [0, 0.05) is 13.6 Å². The second-order valence-electron chi connectivity index (χ2n) is 4.88. The molecule has 2 rings (SSSR count). The summed E-state index contributed by atoms with van der Waals surface area (Å²) in [6.07, 6.45) is 3.97. The molecule has 1 aromatic rings. The van der Waals surface area contributed by atoms with E-state index in [2.05, 4.69) is 22.9 Å². The van der Waals surface area contributed by atoms with Crippen LogP contribution < -0.4 is 10.6 Å². The van der Waals surface area contributed by atoms with Crippen LogP contribution in [0.3, 0.4) is 0 Å². The number of para-hydroxylation sites is 2. The fourth-order valence-corrected chi connectivity index (χ4v) is 2.49. The minimum atomic E-state index is 0.871. The zero-order valence-electron chi connectivity index (χ0n) is 10.7. The first kappa shape index (κ1) is 12.2. The molecule has 0 unspecified atom stereocenters. The molecule has 1 heterocycles. The number of nitrogen functional groups attached to an aromatic ring is 1. The Morgan fingerprint density at radius 2 is 1.94 bits per heavy atom. The molecule has 0 bridgehead atoms. The largest absolute Gasteiger partial charge is 0.397 e. The Balaban J connectivity index is 1.77. The predicted molar refractivity (Wildman–Crippen MR) is 74.4 cm³/mol. The number of rotatable bonds is 5. The van der Waals surface area contributed by atoms with Crippen LogP contribution in [0.1, 0.15) is 19.3 Å². The summed E-state index contributed by atoms with van der Waals surface area (Å²) in [5, 5.41) is 0. The maximum absolute atomic E-state index is 5.96. The van der Waals surface area contributed by atoms with Crippen molar-refractivity contribution in [1.82, 2.24) is 4.90 Å². The van der Waals surface area contributed by atoms with Gasteiger partial charge in [0.1, 0.15) is 0 Å². The van der Waals surface area contributed by atoms with Crippen LogP contribution in [-0.2, 0) is 0 Å². The lowest BCUT2D eigenvalue weighted by Crippen LogP contribution is -2.26. The van der Waals surface area contributed by atoms with Gasteiger partial charge in [0.05, 0.1) is 11.4 Å². The average molecular weight is 233 g/mol. The molecular formula is C14H23N3. The van der Waals surface area contributed by atoms with Crippen molar-refractivity contribution in [3.05, 3.63) is 24.3 Å². The summed E-state index contributed by atoms with van der Waals surface area (Å²) in [4.78, 5) is 4.81. The van der Waals surface area contributed by atoms with E-state index >= 15 is 0 Å². The van der Waals surface area contributed by atoms with Gasteiger partial charge in [-0.2, -0.15) is 0 Å². The van der Waals surface area contributed by atoms with Crippen molar-refractivity contribution in [2.24, 2.45) is 0 Å². The molecule has 1 aliphatic rings. The Bertz CT molecular complexity index is 345. The molecule has 0 aliphatic carbocycles. The summed E-state index contributed by atoms with van der Waals surface area (Å²) in [6.45, 7) is 4.87. The van der Waals surface area contributed by atoms with Crippen molar-refractivity contribution in [2.45, 2.75) is 19.3 Å². The first-order valence-corrected chi connectivity index (χ1v) is 6.55. The van der Waals surface area contributed by atoms with Gasteiger partial charge < -0.3 is 15.5 Å². The second kappa shape index (κ2) is 5.92. The highest BCUT2D eigenvalue weighted by Gasteiger charge is 2.11. The molecule has 0 spiro atoms. The molecule has 94 valence electrons. The minimum absolute atomic E-state index is 0.871. The molecule has 1 aromatic carbocycles. The SMILES string of the molecule is CN(CCCN1CCCC1)c1ccccc1N. The molecule has 0 atom stereocenters. The number of nitrogens with two attached hydrogens (primary N) is 1. The Labute approximate surface area is 104 Å². The third-order valence-electron chi connectivity index (χ3n) is 3.51. The van der Waals surface area contributed by atoms with Crippen LogP contribution in [0.2, 0.25) is 0 Å². The topological polar surface area (TPSA) is 32.5 Å². The number of benzene rings is 1.